The first-order chi connectivity index (χ1) is 16.6. The van der Waals surface area contributed by atoms with Crippen molar-refractivity contribution in [3.63, 3.8) is 0 Å². The molecule has 0 saturated carbocycles. The molecule has 9 nitrogen and oxygen atoms in total. The van der Waals surface area contributed by atoms with Crippen molar-refractivity contribution < 1.29 is 19.0 Å². The smallest absolute Gasteiger partial charge is 0.256 e. The van der Waals surface area contributed by atoms with Gasteiger partial charge in [0.1, 0.15) is 5.75 Å². The number of nitrogens with zero attached hydrogens (tertiary/aromatic N) is 2. The predicted octanol–water partition coefficient (Wildman–Crippen LogP) is 2.80. The summed E-state index contributed by atoms with van der Waals surface area (Å²) >= 11 is 1.20. The number of anilines is 1. The van der Waals surface area contributed by atoms with Crippen molar-refractivity contribution in [3.8, 4) is 17.2 Å². The standard InChI is InChI=1S/C24H24N4O5S/c1-31-19-5-3-2-4-15(19)11-28-9-8-18-17(12-28)23(30)27-24(26-18)34-13-22(29)25-16-6-7-20-21(10-16)33-14-32-20/h2-7,10H,8-9,11-14H2,1H3,(H,25,29)(H,26,27,30). The zero-order valence-electron chi connectivity index (χ0n) is 18.6. The molecule has 0 atom stereocenters. The number of thioether (sulfide) groups is 1. The Morgan fingerprint density at radius 3 is 2.97 bits per heavy atom. The first kappa shape index (κ1) is 22.3. The van der Waals surface area contributed by atoms with Crippen molar-refractivity contribution in [1.29, 1.82) is 0 Å². The van der Waals surface area contributed by atoms with Crippen molar-refractivity contribution in [2.24, 2.45) is 0 Å². The van der Waals surface area contributed by atoms with E-state index in [1.54, 1.807) is 25.3 Å². The summed E-state index contributed by atoms with van der Waals surface area (Å²) in [5, 5.41) is 3.27. The van der Waals surface area contributed by atoms with Crippen LogP contribution in [-0.2, 0) is 24.3 Å². The summed E-state index contributed by atoms with van der Waals surface area (Å²) in [6.07, 6.45) is 0.672. The molecule has 0 unspecified atom stereocenters. The number of fused-ring (bicyclic) bond motifs is 2. The molecule has 3 heterocycles. The quantitative estimate of drug-likeness (QED) is 0.393. The molecule has 0 saturated heterocycles. The van der Waals surface area contributed by atoms with Crippen LogP contribution in [0.15, 0.2) is 52.4 Å². The summed E-state index contributed by atoms with van der Waals surface area (Å²) in [6, 6.07) is 13.1. The van der Waals surface area contributed by atoms with Gasteiger partial charge in [-0.1, -0.05) is 30.0 Å². The molecule has 2 aliphatic rings. The largest absolute Gasteiger partial charge is 0.496 e. The molecule has 1 aromatic heterocycles. The molecule has 176 valence electrons. The zero-order valence-corrected chi connectivity index (χ0v) is 19.4. The number of hydrogen-bond acceptors (Lipinski definition) is 8. The first-order valence-electron chi connectivity index (χ1n) is 10.9. The van der Waals surface area contributed by atoms with Crippen LogP contribution in [0.25, 0.3) is 0 Å². The Labute approximate surface area is 200 Å². The Morgan fingerprint density at radius 2 is 2.09 bits per heavy atom. The molecule has 5 rings (SSSR count). The van der Waals surface area contributed by atoms with Crippen LogP contribution < -0.4 is 25.1 Å². The molecule has 1 amide bonds. The van der Waals surface area contributed by atoms with Crippen molar-refractivity contribution in [2.45, 2.75) is 24.7 Å². The molecule has 2 aliphatic heterocycles. The van der Waals surface area contributed by atoms with E-state index in [1.165, 1.54) is 11.8 Å². The van der Waals surface area contributed by atoms with Gasteiger partial charge in [0.05, 0.1) is 24.1 Å². The lowest BCUT2D eigenvalue weighted by atomic mass is 10.1. The Bertz CT molecular complexity index is 1280. The van der Waals surface area contributed by atoms with Gasteiger partial charge in [-0.2, -0.15) is 0 Å². The van der Waals surface area contributed by atoms with Crippen molar-refractivity contribution in [1.82, 2.24) is 14.9 Å². The summed E-state index contributed by atoms with van der Waals surface area (Å²) in [5.41, 5.74) is 3.01. The zero-order chi connectivity index (χ0) is 23.5. The molecular formula is C24H24N4O5S. The van der Waals surface area contributed by atoms with Crippen LogP contribution in [0, 0.1) is 0 Å². The highest BCUT2D eigenvalue weighted by molar-refractivity contribution is 7.99. The molecule has 2 N–H and O–H groups in total. The van der Waals surface area contributed by atoms with Crippen molar-refractivity contribution in [3.05, 3.63) is 69.6 Å². The van der Waals surface area contributed by atoms with Gasteiger partial charge in [-0.05, 0) is 18.2 Å². The number of para-hydroxylation sites is 1. The monoisotopic (exact) mass is 480 g/mol. The fourth-order valence-corrected chi connectivity index (χ4v) is 4.72. The Morgan fingerprint density at radius 1 is 1.24 bits per heavy atom. The third-order valence-corrected chi connectivity index (χ3v) is 6.58. The molecule has 0 aliphatic carbocycles. The molecule has 0 bridgehead atoms. The maximum absolute atomic E-state index is 12.8. The van der Waals surface area contributed by atoms with Gasteiger partial charge in [-0.15, -0.1) is 0 Å². The van der Waals surface area contributed by atoms with Gasteiger partial charge >= 0.3 is 0 Å². The fraction of sp³-hybridized carbons (Fsp3) is 0.292. The van der Waals surface area contributed by atoms with Crippen LogP contribution in [0.2, 0.25) is 0 Å². The van der Waals surface area contributed by atoms with Gasteiger partial charge < -0.3 is 24.5 Å². The number of hydrogen-bond donors (Lipinski definition) is 2. The molecule has 34 heavy (non-hydrogen) atoms. The second-order valence-electron chi connectivity index (χ2n) is 7.97. The number of H-pyrrole nitrogens is 1. The minimum atomic E-state index is -0.202. The van der Waals surface area contributed by atoms with E-state index in [9.17, 15) is 9.59 Å². The Kier molecular flexibility index (Phi) is 6.41. The molecule has 0 spiro atoms. The molecule has 0 fully saturated rings. The van der Waals surface area contributed by atoms with Gasteiger partial charge in [-0.25, -0.2) is 4.98 Å². The van der Waals surface area contributed by atoms with Crippen LogP contribution in [-0.4, -0.2) is 47.0 Å². The highest BCUT2D eigenvalue weighted by Gasteiger charge is 2.22. The topological polar surface area (TPSA) is 106 Å². The van der Waals surface area contributed by atoms with Gasteiger partial charge in [-0.3, -0.25) is 14.5 Å². The Balaban J connectivity index is 1.20. The minimum Gasteiger partial charge on any atom is -0.496 e. The summed E-state index contributed by atoms with van der Waals surface area (Å²) in [5.74, 6) is 2.02. The number of aromatic nitrogens is 2. The average Bonchev–Trinajstić information content (AvgIpc) is 3.31. The first-order valence-corrected chi connectivity index (χ1v) is 11.9. The average molecular weight is 481 g/mol. The highest BCUT2D eigenvalue weighted by atomic mass is 32.2. The third-order valence-electron chi connectivity index (χ3n) is 5.71. The van der Waals surface area contributed by atoms with Crippen LogP contribution in [0.3, 0.4) is 0 Å². The lowest BCUT2D eigenvalue weighted by Gasteiger charge is -2.28. The van der Waals surface area contributed by atoms with E-state index in [0.717, 1.165) is 23.6 Å². The van der Waals surface area contributed by atoms with Crippen molar-refractivity contribution >= 4 is 23.4 Å². The minimum absolute atomic E-state index is 0.121. The lowest BCUT2D eigenvalue weighted by molar-refractivity contribution is -0.113. The van der Waals surface area contributed by atoms with Gasteiger partial charge in [0.2, 0.25) is 12.7 Å². The van der Waals surface area contributed by atoms with Crippen molar-refractivity contribution in [2.75, 3.05) is 31.5 Å². The van der Waals surface area contributed by atoms with E-state index in [2.05, 4.69) is 20.2 Å². The lowest BCUT2D eigenvalue weighted by Crippen LogP contribution is -2.35. The molecule has 2 aromatic carbocycles. The third kappa shape index (κ3) is 4.87. The second-order valence-corrected chi connectivity index (χ2v) is 8.94. The van der Waals surface area contributed by atoms with E-state index >= 15 is 0 Å². The van der Waals surface area contributed by atoms with E-state index in [0.29, 0.717) is 47.4 Å². The van der Waals surface area contributed by atoms with Gasteiger partial charge in [0.15, 0.2) is 16.7 Å². The summed E-state index contributed by atoms with van der Waals surface area (Å²) in [6.45, 7) is 2.18. The van der Waals surface area contributed by atoms with E-state index in [-0.39, 0.29) is 24.0 Å². The number of benzene rings is 2. The maximum atomic E-state index is 12.8. The van der Waals surface area contributed by atoms with Crippen LogP contribution >= 0.6 is 11.8 Å². The van der Waals surface area contributed by atoms with Gasteiger partial charge in [0.25, 0.3) is 5.56 Å². The normalized spacial score (nSPS) is 14.5. The number of carbonyl (C=O) groups excluding carboxylic acids is 1. The molecule has 3 aromatic rings. The number of carbonyl (C=O) groups is 1. The summed E-state index contributed by atoms with van der Waals surface area (Å²) in [4.78, 5) is 34.8. The number of aromatic amines is 1. The van der Waals surface area contributed by atoms with Crippen LogP contribution in [0.1, 0.15) is 16.8 Å². The van der Waals surface area contributed by atoms with E-state index in [4.69, 9.17) is 14.2 Å². The van der Waals surface area contributed by atoms with E-state index < -0.39 is 0 Å². The summed E-state index contributed by atoms with van der Waals surface area (Å²) < 4.78 is 16.1. The fourth-order valence-electron chi connectivity index (χ4n) is 4.04. The van der Waals surface area contributed by atoms with Crippen LogP contribution in [0.5, 0.6) is 17.2 Å². The molecule has 10 heteroatoms. The van der Waals surface area contributed by atoms with Gasteiger partial charge in [0, 0.05) is 43.4 Å². The summed E-state index contributed by atoms with van der Waals surface area (Å²) in [7, 11) is 1.66. The predicted molar refractivity (Wildman–Crippen MR) is 128 cm³/mol. The number of nitrogens with one attached hydrogen (secondary N) is 2. The SMILES string of the molecule is COc1ccccc1CN1CCc2nc(SCC(=O)Nc3ccc4c(c3)OCO4)[nH]c(=O)c2C1. The number of rotatable bonds is 7. The number of ether oxygens (including phenoxy) is 3. The maximum Gasteiger partial charge on any atom is 0.256 e. The number of amides is 1. The van der Waals surface area contributed by atoms with E-state index in [1.807, 2.05) is 24.3 Å². The number of methoxy groups -OCH3 is 1. The molecular weight excluding hydrogens is 456 g/mol. The second kappa shape index (κ2) is 9.78. The van der Waals surface area contributed by atoms with Crippen LogP contribution in [0.4, 0.5) is 5.69 Å². The highest BCUT2D eigenvalue weighted by Crippen LogP contribution is 2.34. The molecule has 0 radical (unpaired) electrons. The Hall–Kier alpha value is -3.50.